The van der Waals surface area contributed by atoms with Crippen LogP contribution in [-0.4, -0.2) is 80.1 Å². The van der Waals surface area contributed by atoms with Gasteiger partial charge < -0.3 is 25.0 Å². The van der Waals surface area contributed by atoms with Crippen molar-refractivity contribution in [2.75, 3.05) is 57.8 Å². The van der Waals surface area contributed by atoms with E-state index in [4.69, 9.17) is 14.6 Å². The van der Waals surface area contributed by atoms with Crippen molar-refractivity contribution < 1.29 is 27.8 Å². The molecule has 0 bridgehead atoms. The first kappa shape index (κ1) is 27.4. The number of carboxylic acid groups (broad SMARTS) is 1. The zero-order valence-corrected chi connectivity index (χ0v) is 19.4. The second kappa shape index (κ2) is 14.4. The molecule has 2 fully saturated rings. The van der Waals surface area contributed by atoms with Gasteiger partial charge in [0.1, 0.15) is 5.75 Å². The Balaban J connectivity index is 0.000000225. The van der Waals surface area contributed by atoms with E-state index in [0.717, 1.165) is 24.8 Å². The first-order valence-electron chi connectivity index (χ1n) is 11.3. The molecule has 0 aliphatic carbocycles. The molecule has 0 atom stereocenters. The summed E-state index contributed by atoms with van der Waals surface area (Å²) in [6, 6.07) is 13.9. The van der Waals surface area contributed by atoms with Crippen molar-refractivity contribution in [2.45, 2.75) is 19.0 Å². The molecule has 2 N–H and O–H groups in total. The summed E-state index contributed by atoms with van der Waals surface area (Å²) >= 11 is 0. The van der Waals surface area contributed by atoms with Crippen molar-refractivity contribution in [3.63, 3.8) is 0 Å². The first-order valence-corrected chi connectivity index (χ1v) is 11.3. The van der Waals surface area contributed by atoms with Crippen LogP contribution < -0.4 is 15.0 Å². The Hall–Kier alpha value is -2.85. The molecule has 188 valence electrons. The number of aromatic nitrogens is 1. The SMILES string of the molecule is COc1ccccc1.O=C(O)C(F)(F)F.c1cc(N2CCC(CN3CCNCC3)CC2)ccn1. The molecule has 2 aromatic rings. The maximum atomic E-state index is 10.6. The van der Waals surface area contributed by atoms with Gasteiger partial charge in [0, 0.05) is 63.9 Å². The topological polar surface area (TPSA) is 77.9 Å². The third kappa shape index (κ3) is 10.4. The molecule has 0 amide bonds. The number of rotatable bonds is 4. The molecule has 2 aliphatic rings. The minimum absolute atomic E-state index is 0.885. The van der Waals surface area contributed by atoms with Gasteiger partial charge >= 0.3 is 12.1 Å². The minimum Gasteiger partial charge on any atom is -0.497 e. The van der Waals surface area contributed by atoms with Gasteiger partial charge in [-0.3, -0.25) is 4.98 Å². The highest BCUT2D eigenvalue weighted by Crippen LogP contribution is 2.23. The largest absolute Gasteiger partial charge is 0.497 e. The molecule has 10 heteroatoms. The van der Waals surface area contributed by atoms with Crippen LogP contribution in [0.4, 0.5) is 18.9 Å². The number of nitrogens with one attached hydrogen (secondary N) is 1. The molecule has 2 aliphatic heterocycles. The fraction of sp³-hybridized carbons (Fsp3) is 0.500. The lowest BCUT2D eigenvalue weighted by Gasteiger charge is -2.37. The van der Waals surface area contributed by atoms with Gasteiger partial charge in [0.25, 0.3) is 0 Å². The number of carboxylic acids is 1. The van der Waals surface area contributed by atoms with Gasteiger partial charge in [-0.25, -0.2) is 4.79 Å². The number of methoxy groups -OCH3 is 1. The number of piperazine rings is 1. The number of piperidine rings is 1. The Labute approximate surface area is 198 Å². The van der Waals surface area contributed by atoms with Crippen LogP contribution in [0.1, 0.15) is 12.8 Å². The quantitative estimate of drug-likeness (QED) is 0.690. The third-order valence-electron chi connectivity index (χ3n) is 5.59. The van der Waals surface area contributed by atoms with Crippen LogP contribution in [0, 0.1) is 5.92 Å². The summed E-state index contributed by atoms with van der Waals surface area (Å²) < 4.78 is 36.7. The van der Waals surface area contributed by atoms with Gasteiger partial charge in [0.2, 0.25) is 0 Å². The maximum absolute atomic E-state index is 10.6. The van der Waals surface area contributed by atoms with Gasteiger partial charge in [-0.05, 0) is 43.0 Å². The Morgan fingerprint density at radius 2 is 1.62 bits per heavy atom. The molecular formula is C24H33F3N4O3. The highest BCUT2D eigenvalue weighted by Gasteiger charge is 2.38. The number of nitrogens with zero attached hydrogens (tertiary/aromatic N) is 3. The molecule has 34 heavy (non-hydrogen) atoms. The van der Waals surface area contributed by atoms with Gasteiger partial charge in [-0.1, -0.05) is 18.2 Å². The van der Waals surface area contributed by atoms with E-state index in [-0.39, 0.29) is 0 Å². The molecule has 3 heterocycles. The predicted molar refractivity (Wildman–Crippen MR) is 125 cm³/mol. The minimum atomic E-state index is -5.08. The lowest BCUT2D eigenvalue weighted by molar-refractivity contribution is -0.192. The lowest BCUT2D eigenvalue weighted by atomic mass is 9.95. The van der Waals surface area contributed by atoms with Gasteiger partial charge in [-0.15, -0.1) is 0 Å². The molecule has 2 saturated heterocycles. The second-order valence-electron chi connectivity index (χ2n) is 8.01. The van der Waals surface area contributed by atoms with Crippen molar-refractivity contribution in [2.24, 2.45) is 5.92 Å². The van der Waals surface area contributed by atoms with Crippen molar-refractivity contribution in [3.05, 3.63) is 54.9 Å². The van der Waals surface area contributed by atoms with Gasteiger partial charge in [-0.2, -0.15) is 13.2 Å². The number of aliphatic carboxylic acids is 1. The Kier molecular flexibility index (Phi) is 11.6. The Bertz CT molecular complexity index is 811. The predicted octanol–water partition coefficient (Wildman–Crippen LogP) is 3.53. The summed E-state index contributed by atoms with van der Waals surface area (Å²) in [6.07, 6.45) is 1.35. The molecule has 0 spiro atoms. The number of hydrogen-bond donors (Lipinski definition) is 2. The van der Waals surface area contributed by atoms with E-state index in [1.807, 2.05) is 42.7 Å². The number of pyridine rings is 1. The van der Waals surface area contributed by atoms with Crippen LogP contribution in [0.25, 0.3) is 0 Å². The van der Waals surface area contributed by atoms with Crippen LogP contribution in [0.15, 0.2) is 54.9 Å². The van der Waals surface area contributed by atoms with Crippen molar-refractivity contribution in [1.82, 2.24) is 15.2 Å². The smallest absolute Gasteiger partial charge is 0.490 e. The molecule has 0 unspecified atom stereocenters. The van der Waals surface area contributed by atoms with E-state index >= 15 is 0 Å². The number of alkyl halides is 3. The zero-order chi connectivity index (χ0) is 24.8. The normalized spacial score (nSPS) is 17.0. The Morgan fingerprint density at radius 3 is 2.09 bits per heavy atom. The second-order valence-corrected chi connectivity index (χ2v) is 8.01. The number of halogens is 3. The fourth-order valence-electron chi connectivity index (χ4n) is 3.74. The molecular weight excluding hydrogens is 449 g/mol. The standard InChI is InChI=1S/C15H24N4.C7H8O.C2HF3O2/c1-5-16-6-2-15(1)19-9-3-14(4-10-19)13-18-11-7-17-8-12-18;1-8-7-5-3-2-4-6-7;3-2(4,5)1(6)7/h1-2,5-6,14,17H,3-4,7-13H2;2-6H,1H3;(H,6,7). The van der Waals surface area contributed by atoms with Gasteiger partial charge in [0.15, 0.2) is 0 Å². The highest BCUT2D eigenvalue weighted by atomic mass is 19.4. The van der Waals surface area contributed by atoms with E-state index in [0.29, 0.717) is 0 Å². The Morgan fingerprint density at radius 1 is 1.06 bits per heavy atom. The van der Waals surface area contributed by atoms with Crippen molar-refractivity contribution >= 4 is 11.7 Å². The number of benzene rings is 1. The number of ether oxygens (including phenoxy) is 1. The van der Waals surface area contributed by atoms with E-state index < -0.39 is 12.1 Å². The number of anilines is 1. The van der Waals surface area contributed by atoms with E-state index in [2.05, 4.69) is 32.2 Å². The maximum Gasteiger partial charge on any atom is 0.490 e. The molecule has 7 nitrogen and oxygen atoms in total. The average molecular weight is 483 g/mol. The van der Waals surface area contributed by atoms with Crippen LogP contribution in [0.2, 0.25) is 0 Å². The van der Waals surface area contributed by atoms with Gasteiger partial charge in [0.05, 0.1) is 7.11 Å². The summed E-state index contributed by atoms with van der Waals surface area (Å²) in [5, 5.41) is 10.5. The summed E-state index contributed by atoms with van der Waals surface area (Å²) in [5.74, 6) is -0.962. The monoisotopic (exact) mass is 482 g/mol. The summed E-state index contributed by atoms with van der Waals surface area (Å²) in [7, 11) is 1.66. The first-order chi connectivity index (χ1) is 16.3. The van der Waals surface area contributed by atoms with Crippen molar-refractivity contribution in [1.29, 1.82) is 0 Å². The van der Waals surface area contributed by atoms with Crippen molar-refractivity contribution in [3.8, 4) is 5.75 Å². The molecule has 0 saturated carbocycles. The third-order valence-corrected chi connectivity index (χ3v) is 5.59. The number of hydrogen-bond acceptors (Lipinski definition) is 6. The molecule has 4 rings (SSSR count). The van der Waals surface area contributed by atoms with Crippen LogP contribution in [-0.2, 0) is 4.79 Å². The zero-order valence-electron chi connectivity index (χ0n) is 19.4. The van der Waals surface area contributed by atoms with E-state index in [1.54, 1.807) is 7.11 Å². The summed E-state index contributed by atoms with van der Waals surface area (Å²) in [4.78, 5) is 18.1. The molecule has 0 radical (unpaired) electrons. The number of carbonyl (C=O) groups is 1. The van der Waals surface area contributed by atoms with Crippen LogP contribution in [0.5, 0.6) is 5.75 Å². The summed E-state index contributed by atoms with van der Waals surface area (Å²) in [6.45, 7) is 8.47. The fourth-order valence-corrected chi connectivity index (χ4v) is 3.74. The van der Waals surface area contributed by atoms with Crippen LogP contribution in [0.3, 0.4) is 0 Å². The lowest BCUT2D eigenvalue weighted by Crippen LogP contribution is -2.46. The summed E-state index contributed by atoms with van der Waals surface area (Å²) in [5.41, 5.74) is 1.33. The van der Waals surface area contributed by atoms with E-state index in [1.165, 1.54) is 51.3 Å². The van der Waals surface area contributed by atoms with E-state index in [9.17, 15) is 13.2 Å². The highest BCUT2D eigenvalue weighted by molar-refractivity contribution is 5.73. The van der Waals surface area contributed by atoms with Crippen LogP contribution >= 0.6 is 0 Å². The average Bonchev–Trinajstić information content (AvgIpc) is 2.86. The molecule has 1 aromatic carbocycles. The molecule has 1 aromatic heterocycles. The number of para-hydroxylation sites is 1.